The first-order valence-corrected chi connectivity index (χ1v) is 7.70. The van der Waals surface area contributed by atoms with Crippen molar-refractivity contribution in [3.05, 3.63) is 12.2 Å². The molecule has 4 unspecified atom stereocenters. The van der Waals surface area contributed by atoms with Crippen molar-refractivity contribution in [3.63, 3.8) is 0 Å². The third kappa shape index (κ3) is 2.65. The molecule has 0 bridgehead atoms. The van der Waals surface area contributed by atoms with Crippen molar-refractivity contribution in [1.29, 1.82) is 0 Å². The normalized spacial score (nSPS) is 41.9. The van der Waals surface area contributed by atoms with E-state index < -0.39 is 0 Å². The maximum absolute atomic E-state index is 12.7. The Balaban J connectivity index is 2.21. The molecule has 0 amide bonds. The molecule has 1 fully saturated rings. The van der Waals surface area contributed by atoms with Crippen LogP contribution in [0.25, 0.3) is 0 Å². The Morgan fingerprint density at radius 2 is 2.05 bits per heavy atom. The van der Waals surface area contributed by atoms with Crippen molar-refractivity contribution >= 4 is 5.78 Å². The van der Waals surface area contributed by atoms with Gasteiger partial charge in [0.25, 0.3) is 0 Å². The first-order valence-electron chi connectivity index (χ1n) is 7.70. The molecule has 108 valence electrons. The Kier molecular flexibility index (Phi) is 4.50. The maximum Gasteiger partial charge on any atom is 0.141 e. The monoisotopic (exact) mass is 264 g/mol. The first-order chi connectivity index (χ1) is 9.00. The molecule has 0 N–H and O–H groups in total. The second-order valence-electron chi connectivity index (χ2n) is 6.81. The molecule has 5 atom stereocenters. The first kappa shape index (κ1) is 14.8. The van der Waals surface area contributed by atoms with Crippen LogP contribution < -0.4 is 0 Å². The lowest BCUT2D eigenvalue weighted by Gasteiger charge is -2.49. The molecule has 1 saturated carbocycles. The fourth-order valence-electron chi connectivity index (χ4n) is 4.15. The van der Waals surface area contributed by atoms with Gasteiger partial charge in [-0.2, -0.15) is 0 Å². The van der Waals surface area contributed by atoms with Crippen LogP contribution in [0.15, 0.2) is 12.2 Å². The molecule has 2 nitrogen and oxygen atoms in total. The summed E-state index contributed by atoms with van der Waals surface area (Å²) in [5.41, 5.74) is -0.182. The third-order valence-corrected chi connectivity index (χ3v) is 5.66. The lowest BCUT2D eigenvalue weighted by atomic mass is 9.54. The quantitative estimate of drug-likeness (QED) is 0.721. The summed E-state index contributed by atoms with van der Waals surface area (Å²) in [5, 5.41) is 0. The number of ketones is 1. The maximum atomic E-state index is 12.7. The number of Topliss-reactive ketones (excluding diaryl/α,β-unsaturated/α-hetero) is 1. The second kappa shape index (κ2) is 5.78. The van der Waals surface area contributed by atoms with E-state index in [1.165, 1.54) is 19.3 Å². The number of ether oxygens (including phenoxy) is 1. The Bertz CT molecular complexity index is 360. The Labute approximate surface area is 117 Å². The standard InChI is InChI=1S/C17H28O2/c1-12-5-8-15-14(11-12)7-6-13(2)17(15,3)16(18)9-10-19-4/h6-7,12-15H,5,8-11H2,1-4H3/t12?,13?,14?,15?,17-/m0/s1. The number of hydrogen-bond acceptors (Lipinski definition) is 2. The highest BCUT2D eigenvalue weighted by Gasteiger charge is 2.49. The van der Waals surface area contributed by atoms with Crippen LogP contribution in [-0.4, -0.2) is 19.5 Å². The van der Waals surface area contributed by atoms with Crippen molar-refractivity contribution in [3.8, 4) is 0 Å². The summed E-state index contributed by atoms with van der Waals surface area (Å²) in [7, 11) is 1.67. The van der Waals surface area contributed by atoms with E-state index in [-0.39, 0.29) is 5.41 Å². The molecule has 0 saturated heterocycles. The summed E-state index contributed by atoms with van der Waals surface area (Å²) in [5.74, 6) is 2.70. The highest BCUT2D eigenvalue weighted by molar-refractivity contribution is 5.85. The van der Waals surface area contributed by atoms with Gasteiger partial charge in [-0.15, -0.1) is 0 Å². The molecule has 2 heteroatoms. The van der Waals surface area contributed by atoms with Crippen LogP contribution in [0.1, 0.15) is 46.5 Å². The summed E-state index contributed by atoms with van der Waals surface area (Å²) in [6.45, 7) is 7.30. The van der Waals surface area contributed by atoms with E-state index in [9.17, 15) is 4.79 Å². The van der Waals surface area contributed by atoms with Gasteiger partial charge in [-0.05, 0) is 36.5 Å². The van der Waals surface area contributed by atoms with Gasteiger partial charge in [0.2, 0.25) is 0 Å². The van der Waals surface area contributed by atoms with Crippen LogP contribution in [0.3, 0.4) is 0 Å². The molecule has 0 radical (unpaired) electrons. The van der Waals surface area contributed by atoms with Gasteiger partial charge in [-0.1, -0.05) is 39.3 Å². The van der Waals surface area contributed by atoms with Crippen LogP contribution in [0, 0.1) is 29.1 Å². The number of carbonyl (C=O) groups is 1. The van der Waals surface area contributed by atoms with E-state index >= 15 is 0 Å². The molecule has 0 spiro atoms. The minimum Gasteiger partial charge on any atom is -0.384 e. The van der Waals surface area contributed by atoms with Gasteiger partial charge in [0.15, 0.2) is 0 Å². The zero-order valence-corrected chi connectivity index (χ0v) is 12.8. The van der Waals surface area contributed by atoms with E-state index in [4.69, 9.17) is 4.74 Å². The van der Waals surface area contributed by atoms with Crippen molar-refractivity contribution in [2.75, 3.05) is 13.7 Å². The molecular formula is C17H28O2. The molecular weight excluding hydrogens is 236 g/mol. The number of carbonyl (C=O) groups excluding carboxylic acids is 1. The molecule has 0 heterocycles. The fraction of sp³-hybridized carbons (Fsp3) is 0.824. The van der Waals surface area contributed by atoms with E-state index in [0.717, 1.165) is 5.92 Å². The van der Waals surface area contributed by atoms with Gasteiger partial charge in [0.05, 0.1) is 6.61 Å². The highest BCUT2D eigenvalue weighted by atomic mass is 16.5. The summed E-state index contributed by atoms with van der Waals surface area (Å²) in [6, 6.07) is 0. The SMILES string of the molecule is COCCC(=O)[C@@]1(C)C(C)C=CC2CC(C)CCC21. The van der Waals surface area contributed by atoms with Gasteiger partial charge in [0, 0.05) is 18.9 Å². The van der Waals surface area contributed by atoms with E-state index in [1.54, 1.807) is 7.11 Å². The summed E-state index contributed by atoms with van der Waals surface area (Å²) in [4.78, 5) is 12.7. The Hall–Kier alpha value is -0.630. The molecule has 0 aromatic heterocycles. The van der Waals surface area contributed by atoms with E-state index in [2.05, 4.69) is 32.9 Å². The summed E-state index contributed by atoms with van der Waals surface area (Å²) < 4.78 is 5.10. The minimum atomic E-state index is -0.182. The zero-order valence-electron chi connectivity index (χ0n) is 12.8. The fourth-order valence-corrected chi connectivity index (χ4v) is 4.15. The highest BCUT2D eigenvalue weighted by Crippen LogP contribution is 2.52. The van der Waals surface area contributed by atoms with Gasteiger partial charge in [0.1, 0.15) is 5.78 Å². The Morgan fingerprint density at radius 1 is 1.32 bits per heavy atom. The number of hydrogen-bond donors (Lipinski definition) is 0. The predicted molar refractivity (Wildman–Crippen MR) is 77.9 cm³/mol. The van der Waals surface area contributed by atoms with Gasteiger partial charge in [-0.3, -0.25) is 4.79 Å². The third-order valence-electron chi connectivity index (χ3n) is 5.66. The van der Waals surface area contributed by atoms with Crippen LogP contribution >= 0.6 is 0 Å². The van der Waals surface area contributed by atoms with Crippen molar-refractivity contribution in [2.24, 2.45) is 29.1 Å². The van der Waals surface area contributed by atoms with Gasteiger partial charge < -0.3 is 4.74 Å². The van der Waals surface area contributed by atoms with Crippen LogP contribution in [0.2, 0.25) is 0 Å². The minimum absolute atomic E-state index is 0.182. The summed E-state index contributed by atoms with van der Waals surface area (Å²) in [6.07, 6.45) is 8.95. The van der Waals surface area contributed by atoms with Gasteiger partial charge in [-0.25, -0.2) is 0 Å². The average Bonchev–Trinajstić information content (AvgIpc) is 2.40. The number of rotatable bonds is 4. The van der Waals surface area contributed by atoms with Crippen molar-refractivity contribution < 1.29 is 9.53 Å². The van der Waals surface area contributed by atoms with Crippen molar-refractivity contribution in [1.82, 2.24) is 0 Å². The molecule has 0 aliphatic heterocycles. The summed E-state index contributed by atoms with van der Waals surface area (Å²) >= 11 is 0. The smallest absolute Gasteiger partial charge is 0.141 e. The zero-order chi connectivity index (χ0) is 14.0. The van der Waals surface area contributed by atoms with Crippen LogP contribution in [0.5, 0.6) is 0 Å². The molecule has 0 aromatic carbocycles. The lowest BCUT2D eigenvalue weighted by molar-refractivity contribution is -0.137. The number of fused-ring (bicyclic) bond motifs is 1. The van der Waals surface area contributed by atoms with E-state index in [1.807, 2.05) is 0 Å². The average molecular weight is 264 g/mol. The van der Waals surface area contributed by atoms with Gasteiger partial charge >= 0.3 is 0 Å². The number of allylic oxidation sites excluding steroid dienone is 2. The van der Waals surface area contributed by atoms with E-state index in [0.29, 0.717) is 36.6 Å². The molecule has 19 heavy (non-hydrogen) atoms. The molecule has 2 aliphatic rings. The lowest BCUT2D eigenvalue weighted by Crippen LogP contribution is -2.48. The number of methoxy groups -OCH3 is 1. The largest absolute Gasteiger partial charge is 0.384 e. The Morgan fingerprint density at radius 3 is 2.74 bits per heavy atom. The molecule has 0 aromatic rings. The predicted octanol–water partition coefficient (Wildman–Crippen LogP) is 3.86. The van der Waals surface area contributed by atoms with Crippen LogP contribution in [0.4, 0.5) is 0 Å². The van der Waals surface area contributed by atoms with Crippen LogP contribution in [-0.2, 0) is 9.53 Å². The molecule has 2 rings (SSSR count). The topological polar surface area (TPSA) is 26.3 Å². The molecule has 2 aliphatic carbocycles. The van der Waals surface area contributed by atoms with Crippen molar-refractivity contribution in [2.45, 2.75) is 46.5 Å². The second-order valence-corrected chi connectivity index (χ2v) is 6.81.